The Morgan fingerprint density at radius 2 is 1.85 bits per heavy atom. The van der Waals surface area contributed by atoms with Gasteiger partial charge in [0.05, 0.1) is 0 Å². The fourth-order valence-electron chi connectivity index (χ4n) is 2.03. The largest absolute Gasteiger partial charge is 0.289 e. The van der Waals surface area contributed by atoms with E-state index in [9.17, 15) is 4.79 Å². The van der Waals surface area contributed by atoms with E-state index in [1.807, 2.05) is 30.3 Å². The Morgan fingerprint density at radius 1 is 1.15 bits per heavy atom. The Labute approximate surface area is 138 Å². The van der Waals surface area contributed by atoms with E-state index in [0.29, 0.717) is 16.1 Å². The zero-order chi connectivity index (χ0) is 14.5. The number of carbonyl (C=O) groups is 1. The first-order chi connectivity index (χ1) is 9.61. The number of halogens is 2. The highest BCUT2D eigenvalue weighted by Crippen LogP contribution is 2.21. The van der Waals surface area contributed by atoms with Gasteiger partial charge < -0.3 is 0 Å². The third-order valence-electron chi connectivity index (χ3n) is 3.21. The van der Waals surface area contributed by atoms with Crippen molar-refractivity contribution in [3.63, 3.8) is 0 Å². The highest BCUT2D eigenvalue weighted by molar-refractivity contribution is 14.1. The summed E-state index contributed by atoms with van der Waals surface area (Å²) < 4.78 is 0.923. The second-order valence-corrected chi connectivity index (χ2v) is 6.35. The van der Waals surface area contributed by atoms with Crippen LogP contribution in [0.25, 0.3) is 0 Å². The molecule has 0 N–H and O–H groups in total. The molecule has 0 aliphatic heterocycles. The van der Waals surface area contributed by atoms with Crippen LogP contribution in [0.5, 0.6) is 0 Å². The Balaban J connectivity index is 2.22. The molecule has 0 saturated heterocycles. The lowest BCUT2D eigenvalue weighted by Crippen LogP contribution is -2.04. The predicted octanol–water partition coefficient (Wildman–Crippen LogP) is 5.52. The minimum atomic E-state index is 0.0268. The van der Waals surface area contributed by atoms with Gasteiger partial charge in [-0.25, -0.2) is 0 Å². The Bertz CT molecular complexity index is 605. The van der Waals surface area contributed by atoms with Gasteiger partial charge in [0.25, 0.3) is 0 Å². The molecule has 0 aliphatic rings. The second-order valence-electron chi connectivity index (χ2n) is 4.75. The van der Waals surface area contributed by atoms with Crippen molar-refractivity contribution >= 4 is 40.0 Å². The summed E-state index contributed by atoms with van der Waals surface area (Å²) in [7, 11) is 0. The number of benzene rings is 2. The van der Waals surface area contributed by atoms with E-state index in [1.54, 1.807) is 12.1 Å². The molecule has 0 atom stereocenters. The summed E-state index contributed by atoms with van der Waals surface area (Å²) >= 11 is 8.14. The molecule has 0 fully saturated rings. The topological polar surface area (TPSA) is 17.1 Å². The van der Waals surface area contributed by atoms with Crippen LogP contribution < -0.4 is 0 Å². The molecule has 0 radical (unpaired) electrons. The van der Waals surface area contributed by atoms with Gasteiger partial charge >= 0.3 is 0 Å². The molecule has 0 saturated carbocycles. The normalized spacial score (nSPS) is 10.6. The molecule has 2 aromatic rings. The zero-order valence-corrected chi connectivity index (χ0v) is 14.2. The third kappa shape index (κ3) is 3.83. The minimum absolute atomic E-state index is 0.0268. The van der Waals surface area contributed by atoms with E-state index < -0.39 is 0 Å². The van der Waals surface area contributed by atoms with Gasteiger partial charge in [0.2, 0.25) is 0 Å². The van der Waals surface area contributed by atoms with E-state index in [1.165, 1.54) is 18.4 Å². The van der Waals surface area contributed by atoms with E-state index in [0.717, 1.165) is 9.99 Å². The number of unbranched alkanes of at least 4 members (excludes halogenated alkanes) is 1. The summed E-state index contributed by atoms with van der Waals surface area (Å²) in [5, 5.41) is 0.591. The molecule has 0 amide bonds. The Hall–Kier alpha value is -0.870. The summed E-state index contributed by atoms with van der Waals surface area (Å²) in [6.07, 6.45) is 3.43. The van der Waals surface area contributed by atoms with Crippen LogP contribution >= 0.6 is 34.2 Å². The highest BCUT2D eigenvalue weighted by atomic mass is 127. The monoisotopic (exact) mass is 398 g/mol. The van der Waals surface area contributed by atoms with Crippen molar-refractivity contribution in [2.24, 2.45) is 0 Å². The van der Waals surface area contributed by atoms with E-state index in [-0.39, 0.29) is 5.78 Å². The van der Waals surface area contributed by atoms with Crippen LogP contribution in [0.2, 0.25) is 5.02 Å². The van der Waals surface area contributed by atoms with Crippen LogP contribution in [0, 0.1) is 3.57 Å². The third-order valence-corrected chi connectivity index (χ3v) is 4.38. The van der Waals surface area contributed by atoms with Crippen molar-refractivity contribution in [2.75, 3.05) is 0 Å². The molecule has 104 valence electrons. The number of hydrogen-bond acceptors (Lipinski definition) is 1. The maximum absolute atomic E-state index is 12.5. The number of rotatable bonds is 5. The van der Waals surface area contributed by atoms with Crippen LogP contribution in [0.1, 0.15) is 41.3 Å². The number of carbonyl (C=O) groups excluding carboxylic acids is 1. The van der Waals surface area contributed by atoms with Crippen molar-refractivity contribution in [1.29, 1.82) is 0 Å². The van der Waals surface area contributed by atoms with Crippen LogP contribution in [0.15, 0.2) is 42.5 Å². The molecule has 2 aromatic carbocycles. The summed E-state index contributed by atoms with van der Waals surface area (Å²) in [5.74, 6) is 0.0268. The average molecular weight is 399 g/mol. The van der Waals surface area contributed by atoms with Crippen LogP contribution in [-0.4, -0.2) is 5.78 Å². The summed E-state index contributed by atoms with van der Waals surface area (Å²) in [4.78, 5) is 12.5. The molecule has 3 heteroatoms. The first-order valence-electron chi connectivity index (χ1n) is 6.70. The predicted molar refractivity (Wildman–Crippen MR) is 92.7 cm³/mol. The van der Waals surface area contributed by atoms with Gasteiger partial charge in [-0.05, 0) is 59.2 Å². The standard InChI is InChI=1S/C17H16ClIO/c1-2-3-4-12-5-7-13(8-6-12)17(20)15-11-14(18)9-10-16(15)19/h5-11H,2-4H2,1H3. The molecule has 0 spiro atoms. The first kappa shape index (κ1) is 15.5. The van der Waals surface area contributed by atoms with E-state index in [4.69, 9.17) is 11.6 Å². The molecule has 0 bridgehead atoms. The maximum Gasteiger partial charge on any atom is 0.194 e. The quantitative estimate of drug-likeness (QED) is 0.479. The van der Waals surface area contributed by atoms with E-state index in [2.05, 4.69) is 29.5 Å². The van der Waals surface area contributed by atoms with Crippen LogP contribution in [-0.2, 0) is 6.42 Å². The lowest BCUT2D eigenvalue weighted by Gasteiger charge is -2.06. The van der Waals surface area contributed by atoms with Crippen LogP contribution in [0.4, 0.5) is 0 Å². The molecule has 20 heavy (non-hydrogen) atoms. The minimum Gasteiger partial charge on any atom is -0.289 e. The van der Waals surface area contributed by atoms with Gasteiger partial charge in [0.15, 0.2) is 5.78 Å². The van der Waals surface area contributed by atoms with Crippen molar-refractivity contribution < 1.29 is 4.79 Å². The molecule has 0 heterocycles. The molecule has 1 nitrogen and oxygen atoms in total. The lowest BCUT2D eigenvalue weighted by atomic mass is 10.0. The number of aryl methyl sites for hydroxylation is 1. The van der Waals surface area contributed by atoms with Crippen molar-refractivity contribution in [2.45, 2.75) is 26.2 Å². The van der Waals surface area contributed by atoms with Gasteiger partial charge in [0.1, 0.15) is 0 Å². The maximum atomic E-state index is 12.5. The molecular weight excluding hydrogens is 383 g/mol. The van der Waals surface area contributed by atoms with Gasteiger partial charge in [0, 0.05) is 19.7 Å². The van der Waals surface area contributed by atoms with Crippen LogP contribution in [0.3, 0.4) is 0 Å². The Morgan fingerprint density at radius 3 is 2.50 bits per heavy atom. The fraction of sp³-hybridized carbons (Fsp3) is 0.235. The van der Waals surface area contributed by atoms with Gasteiger partial charge in [-0.2, -0.15) is 0 Å². The van der Waals surface area contributed by atoms with Gasteiger partial charge in [-0.3, -0.25) is 4.79 Å². The van der Waals surface area contributed by atoms with Crippen molar-refractivity contribution in [3.05, 3.63) is 67.7 Å². The second kappa shape index (κ2) is 7.23. The molecular formula is C17H16ClIO. The number of hydrogen-bond donors (Lipinski definition) is 0. The molecule has 0 aliphatic carbocycles. The van der Waals surface area contributed by atoms with E-state index >= 15 is 0 Å². The molecule has 0 unspecified atom stereocenters. The molecule has 0 aromatic heterocycles. The first-order valence-corrected chi connectivity index (χ1v) is 8.16. The summed E-state index contributed by atoms with van der Waals surface area (Å²) in [6, 6.07) is 13.3. The fourth-order valence-corrected chi connectivity index (χ4v) is 2.78. The van der Waals surface area contributed by atoms with Crippen molar-refractivity contribution in [1.82, 2.24) is 0 Å². The highest BCUT2D eigenvalue weighted by Gasteiger charge is 2.13. The lowest BCUT2D eigenvalue weighted by molar-refractivity contribution is 0.103. The SMILES string of the molecule is CCCCc1ccc(C(=O)c2cc(Cl)ccc2I)cc1. The zero-order valence-electron chi connectivity index (χ0n) is 11.3. The smallest absolute Gasteiger partial charge is 0.194 e. The summed E-state index contributed by atoms with van der Waals surface area (Å²) in [5.41, 5.74) is 2.66. The average Bonchev–Trinajstić information content (AvgIpc) is 2.47. The Kier molecular flexibility index (Phi) is 5.61. The van der Waals surface area contributed by atoms with Gasteiger partial charge in [-0.15, -0.1) is 0 Å². The summed E-state index contributed by atoms with van der Waals surface area (Å²) in [6.45, 7) is 2.18. The van der Waals surface area contributed by atoms with Gasteiger partial charge in [-0.1, -0.05) is 49.2 Å². The molecule has 2 rings (SSSR count). The van der Waals surface area contributed by atoms with Crippen molar-refractivity contribution in [3.8, 4) is 0 Å². The number of ketones is 1.